The number of para-hydroxylation sites is 1. The Kier molecular flexibility index (Phi) is 5.77. The molecule has 0 saturated heterocycles. The molecule has 0 radical (unpaired) electrons. The molecule has 25 heavy (non-hydrogen) atoms. The maximum atomic E-state index is 13.7. The quantitative estimate of drug-likeness (QED) is 0.757. The number of allylic oxidation sites excluding steroid dienone is 1. The molecule has 2 aromatic rings. The third-order valence-electron chi connectivity index (χ3n) is 4.27. The average Bonchev–Trinajstić information content (AvgIpc) is 2.65. The molecule has 130 valence electrons. The Labute approximate surface area is 147 Å². The van der Waals surface area contributed by atoms with Crippen molar-refractivity contribution in [3.63, 3.8) is 0 Å². The number of nitrogens with one attached hydrogen (secondary N) is 2. The van der Waals surface area contributed by atoms with Crippen molar-refractivity contribution in [2.75, 3.05) is 11.9 Å². The molecule has 0 unspecified atom stereocenters. The summed E-state index contributed by atoms with van der Waals surface area (Å²) in [6, 6.07) is 8.07. The standard InChI is InChI=1S/C20H22FN3O/c21-18-8-4-5-9-19(18)24-17-12-16(13-22-14-17)20(25)23-11-10-15-6-2-1-3-7-15/h4-6,8-9,12-14,24H,1-3,7,10-11H2,(H,23,25). The normalized spacial score (nSPS) is 13.9. The van der Waals surface area contributed by atoms with Gasteiger partial charge in [0, 0.05) is 12.7 Å². The summed E-state index contributed by atoms with van der Waals surface area (Å²) in [5.41, 5.74) is 2.82. The number of halogens is 1. The van der Waals surface area contributed by atoms with Gasteiger partial charge in [-0.15, -0.1) is 0 Å². The zero-order valence-corrected chi connectivity index (χ0v) is 14.1. The van der Waals surface area contributed by atoms with Crippen molar-refractivity contribution in [2.45, 2.75) is 32.1 Å². The Morgan fingerprint density at radius 3 is 2.88 bits per heavy atom. The minimum absolute atomic E-state index is 0.166. The zero-order chi connectivity index (χ0) is 17.5. The van der Waals surface area contributed by atoms with Crippen LogP contribution >= 0.6 is 0 Å². The second-order valence-electron chi connectivity index (χ2n) is 6.18. The first-order chi connectivity index (χ1) is 12.2. The molecule has 4 nitrogen and oxygen atoms in total. The van der Waals surface area contributed by atoms with Gasteiger partial charge in [0.2, 0.25) is 0 Å². The summed E-state index contributed by atoms with van der Waals surface area (Å²) in [6.45, 7) is 0.621. The Morgan fingerprint density at radius 2 is 2.08 bits per heavy atom. The Hall–Kier alpha value is -2.69. The number of nitrogens with zero attached hydrogens (tertiary/aromatic N) is 1. The van der Waals surface area contributed by atoms with E-state index in [1.807, 2.05) is 0 Å². The van der Waals surface area contributed by atoms with E-state index in [1.165, 1.54) is 30.7 Å². The van der Waals surface area contributed by atoms with Crippen LogP contribution in [-0.4, -0.2) is 17.4 Å². The van der Waals surface area contributed by atoms with Crippen LogP contribution in [0.5, 0.6) is 0 Å². The van der Waals surface area contributed by atoms with Crippen molar-refractivity contribution in [1.82, 2.24) is 10.3 Å². The van der Waals surface area contributed by atoms with Gasteiger partial charge in [0.1, 0.15) is 5.82 Å². The molecule has 3 rings (SSSR count). The molecule has 1 aromatic carbocycles. The van der Waals surface area contributed by atoms with Crippen LogP contribution in [0, 0.1) is 5.82 Å². The first kappa shape index (κ1) is 17.1. The van der Waals surface area contributed by atoms with E-state index in [-0.39, 0.29) is 11.7 Å². The van der Waals surface area contributed by atoms with Gasteiger partial charge in [-0.05, 0) is 50.3 Å². The van der Waals surface area contributed by atoms with E-state index < -0.39 is 0 Å². The van der Waals surface area contributed by atoms with Gasteiger partial charge in [-0.3, -0.25) is 9.78 Å². The largest absolute Gasteiger partial charge is 0.352 e. The van der Waals surface area contributed by atoms with E-state index in [9.17, 15) is 9.18 Å². The van der Waals surface area contributed by atoms with Crippen molar-refractivity contribution >= 4 is 17.3 Å². The van der Waals surface area contributed by atoms with Crippen molar-refractivity contribution < 1.29 is 9.18 Å². The molecule has 0 spiro atoms. The molecule has 0 bridgehead atoms. The van der Waals surface area contributed by atoms with Gasteiger partial charge in [-0.25, -0.2) is 4.39 Å². The lowest BCUT2D eigenvalue weighted by Crippen LogP contribution is -2.25. The first-order valence-corrected chi connectivity index (χ1v) is 8.65. The molecular weight excluding hydrogens is 317 g/mol. The van der Waals surface area contributed by atoms with Crippen LogP contribution in [0.2, 0.25) is 0 Å². The highest BCUT2D eigenvalue weighted by Gasteiger charge is 2.09. The number of hydrogen-bond donors (Lipinski definition) is 2. The Bertz CT molecular complexity index is 773. The Balaban J connectivity index is 1.57. The van der Waals surface area contributed by atoms with Crippen molar-refractivity contribution in [1.29, 1.82) is 0 Å². The molecule has 0 atom stereocenters. The fraction of sp³-hybridized carbons (Fsp3) is 0.300. The fourth-order valence-corrected chi connectivity index (χ4v) is 2.92. The molecular formula is C20H22FN3O. The number of pyridine rings is 1. The van der Waals surface area contributed by atoms with Gasteiger partial charge < -0.3 is 10.6 Å². The number of benzene rings is 1. The summed E-state index contributed by atoms with van der Waals surface area (Å²) in [6.07, 6.45) is 11.1. The Morgan fingerprint density at radius 1 is 1.20 bits per heavy atom. The average molecular weight is 339 g/mol. The molecule has 1 amide bonds. The highest BCUT2D eigenvalue weighted by Crippen LogP contribution is 2.20. The minimum atomic E-state index is -0.349. The van der Waals surface area contributed by atoms with Crippen molar-refractivity contribution in [3.05, 3.63) is 65.8 Å². The van der Waals surface area contributed by atoms with Crippen LogP contribution in [-0.2, 0) is 0 Å². The van der Waals surface area contributed by atoms with E-state index in [2.05, 4.69) is 21.7 Å². The number of anilines is 2. The molecule has 0 saturated carbocycles. The monoisotopic (exact) mass is 339 g/mol. The molecule has 0 fully saturated rings. The highest BCUT2D eigenvalue weighted by molar-refractivity contribution is 5.94. The minimum Gasteiger partial charge on any atom is -0.352 e. The molecule has 1 aliphatic carbocycles. The summed E-state index contributed by atoms with van der Waals surface area (Å²) in [5.74, 6) is -0.515. The second kappa shape index (κ2) is 8.42. The maximum Gasteiger partial charge on any atom is 0.252 e. The fourth-order valence-electron chi connectivity index (χ4n) is 2.92. The summed E-state index contributed by atoms with van der Waals surface area (Å²) in [4.78, 5) is 16.4. The summed E-state index contributed by atoms with van der Waals surface area (Å²) >= 11 is 0. The van der Waals surface area contributed by atoms with Crippen molar-refractivity contribution in [2.24, 2.45) is 0 Å². The summed E-state index contributed by atoms with van der Waals surface area (Å²) < 4.78 is 13.7. The molecule has 2 N–H and O–H groups in total. The van der Waals surface area contributed by atoms with E-state index >= 15 is 0 Å². The lowest BCUT2D eigenvalue weighted by molar-refractivity contribution is 0.0953. The number of hydrogen-bond acceptors (Lipinski definition) is 3. The van der Waals surface area contributed by atoms with Crippen LogP contribution in [0.25, 0.3) is 0 Å². The second-order valence-corrected chi connectivity index (χ2v) is 6.18. The van der Waals surface area contributed by atoms with Crippen LogP contribution in [0.1, 0.15) is 42.5 Å². The van der Waals surface area contributed by atoms with Gasteiger partial charge in [0.05, 0.1) is 23.1 Å². The van der Waals surface area contributed by atoms with E-state index in [4.69, 9.17) is 0 Å². The lowest BCUT2D eigenvalue weighted by Gasteiger charge is -2.13. The van der Waals surface area contributed by atoms with Gasteiger partial charge >= 0.3 is 0 Å². The predicted octanol–water partition coefficient (Wildman–Crippen LogP) is 4.58. The van der Waals surface area contributed by atoms with E-state index in [0.717, 1.165) is 19.3 Å². The predicted molar refractivity (Wildman–Crippen MR) is 97.4 cm³/mol. The lowest BCUT2D eigenvalue weighted by atomic mass is 9.97. The smallest absolute Gasteiger partial charge is 0.252 e. The number of carbonyl (C=O) groups excluding carboxylic acids is 1. The molecule has 1 aromatic heterocycles. The van der Waals surface area contributed by atoms with Gasteiger partial charge in [-0.2, -0.15) is 0 Å². The molecule has 1 aliphatic rings. The zero-order valence-electron chi connectivity index (χ0n) is 14.1. The molecule has 5 heteroatoms. The van der Waals surface area contributed by atoms with Gasteiger partial charge in [0.15, 0.2) is 0 Å². The van der Waals surface area contributed by atoms with Gasteiger partial charge in [0.25, 0.3) is 5.91 Å². The number of rotatable bonds is 6. The first-order valence-electron chi connectivity index (χ1n) is 8.65. The van der Waals surface area contributed by atoms with Crippen LogP contribution in [0.4, 0.5) is 15.8 Å². The summed E-state index contributed by atoms with van der Waals surface area (Å²) in [7, 11) is 0. The highest BCUT2D eigenvalue weighted by atomic mass is 19.1. The number of amides is 1. The van der Waals surface area contributed by atoms with Crippen LogP contribution < -0.4 is 10.6 Å². The van der Waals surface area contributed by atoms with Gasteiger partial charge in [-0.1, -0.05) is 23.8 Å². The third-order valence-corrected chi connectivity index (χ3v) is 4.27. The van der Waals surface area contributed by atoms with Crippen molar-refractivity contribution in [3.8, 4) is 0 Å². The van der Waals surface area contributed by atoms with E-state index in [0.29, 0.717) is 23.5 Å². The SMILES string of the molecule is O=C(NCCC1=CCCCC1)c1cncc(Nc2ccccc2F)c1. The third kappa shape index (κ3) is 4.89. The topological polar surface area (TPSA) is 54.0 Å². The van der Waals surface area contributed by atoms with Crippen LogP contribution in [0.3, 0.4) is 0 Å². The number of aromatic nitrogens is 1. The molecule has 0 aliphatic heterocycles. The van der Waals surface area contributed by atoms with Crippen LogP contribution in [0.15, 0.2) is 54.4 Å². The maximum absolute atomic E-state index is 13.7. The summed E-state index contributed by atoms with van der Waals surface area (Å²) in [5, 5.41) is 5.88. The van der Waals surface area contributed by atoms with E-state index in [1.54, 1.807) is 30.5 Å². The molecule has 1 heterocycles. The number of carbonyl (C=O) groups is 1.